The summed E-state index contributed by atoms with van der Waals surface area (Å²) in [6.45, 7) is 6.06. The Hall–Kier alpha value is -1.09. The van der Waals surface area contributed by atoms with E-state index in [-0.39, 0.29) is 0 Å². The monoisotopic (exact) mass is 220 g/mol. The number of likely N-dealkylation sites (tertiary alicyclic amines) is 1. The Bertz CT molecular complexity index is 365. The SMILES string of the molecule is Cc1cc(OC[C@@H]2CCCN2C)cnc1C. The van der Waals surface area contributed by atoms with E-state index >= 15 is 0 Å². The summed E-state index contributed by atoms with van der Waals surface area (Å²) in [5.41, 5.74) is 2.27. The van der Waals surface area contributed by atoms with Crippen LogP contribution in [0.5, 0.6) is 5.75 Å². The van der Waals surface area contributed by atoms with Gasteiger partial charge in [0.2, 0.25) is 0 Å². The van der Waals surface area contributed by atoms with Crippen LogP contribution >= 0.6 is 0 Å². The minimum Gasteiger partial charge on any atom is -0.490 e. The van der Waals surface area contributed by atoms with E-state index in [0.717, 1.165) is 18.1 Å². The van der Waals surface area contributed by atoms with E-state index in [4.69, 9.17) is 4.74 Å². The third-order valence-corrected chi connectivity index (χ3v) is 3.43. The molecule has 2 heterocycles. The van der Waals surface area contributed by atoms with Gasteiger partial charge >= 0.3 is 0 Å². The number of aromatic nitrogens is 1. The van der Waals surface area contributed by atoms with Crippen LogP contribution in [0.2, 0.25) is 0 Å². The van der Waals surface area contributed by atoms with E-state index in [1.165, 1.54) is 24.9 Å². The molecule has 0 aromatic carbocycles. The minimum absolute atomic E-state index is 0.571. The lowest BCUT2D eigenvalue weighted by Gasteiger charge is -2.19. The number of hydrogen-bond donors (Lipinski definition) is 0. The lowest BCUT2D eigenvalue weighted by molar-refractivity contribution is 0.197. The van der Waals surface area contributed by atoms with Crippen LogP contribution in [0.3, 0.4) is 0 Å². The van der Waals surface area contributed by atoms with Gasteiger partial charge in [-0.1, -0.05) is 0 Å². The highest BCUT2D eigenvalue weighted by Crippen LogP contribution is 2.18. The van der Waals surface area contributed by atoms with Crippen molar-refractivity contribution in [2.24, 2.45) is 0 Å². The van der Waals surface area contributed by atoms with Gasteiger partial charge in [0.25, 0.3) is 0 Å². The highest BCUT2D eigenvalue weighted by Gasteiger charge is 2.21. The largest absolute Gasteiger partial charge is 0.490 e. The summed E-state index contributed by atoms with van der Waals surface area (Å²) in [7, 11) is 2.17. The van der Waals surface area contributed by atoms with Crippen LogP contribution in [-0.4, -0.2) is 36.1 Å². The lowest BCUT2D eigenvalue weighted by atomic mass is 10.2. The van der Waals surface area contributed by atoms with Gasteiger partial charge in [-0.3, -0.25) is 4.98 Å². The number of pyridine rings is 1. The first-order chi connectivity index (χ1) is 7.66. The van der Waals surface area contributed by atoms with Crippen molar-refractivity contribution < 1.29 is 4.74 Å². The summed E-state index contributed by atoms with van der Waals surface area (Å²) in [5, 5.41) is 0. The van der Waals surface area contributed by atoms with Crippen molar-refractivity contribution in [3.8, 4) is 5.75 Å². The third-order valence-electron chi connectivity index (χ3n) is 3.43. The molecule has 3 heteroatoms. The normalized spacial score (nSPS) is 21.3. The van der Waals surface area contributed by atoms with E-state index < -0.39 is 0 Å². The van der Waals surface area contributed by atoms with Crippen molar-refractivity contribution in [2.75, 3.05) is 20.2 Å². The second-order valence-electron chi connectivity index (χ2n) is 4.66. The fourth-order valence-corrected chi connectivity index (χ4v) is 2.08. The number of hydrogen-bond acceptors (Lipinski definition) is 3. The maximum absolute atomic E-state index is 5.79. The van der Waals surface area contributed by atoms with Crippen molar-refractivity contribution >= 4 is 0 Å². The standard InChI is InChI=1S/C13H20N2O/c1-10-7-13(8-14-11(10)2)16-9-12-5-4-6-15(12)3/h7-8,12H,4-6,9H2,1-3H3/t12-/m0/s1. The highest BCUT2D eigenvalue weighted by molar-refractivity contribution is 5.27. The zero-order valence-electron chi connectivity index (χ0n) is 10.4. The molecular formula is C13H20N2O. The number of likely N-dealkylation sites (N-methyl/N-ethyl adjacent to an activating group) is 1. The Morgan fingerprint density at radius 1 is 1.50 bits per heavy atom. The van der Waals surface area contributed by atoms with E-state index in [2.05, 4.69) is 29.9 Å². The van der Waals surface area contributed by atoms with Crippen molar-refractivity contribution in [1.82, 2.24) is 9.88 Å². The molecule has 0 unspecified atom stereocenters. The van der Waals surface area contributed by atoms with Crippen LogP contribution in [0.4, 0.5) is 0 Å². The van der Waals surface area contributed by atoms with Crippen molar-refractivity contribution in [3.05, 3.63) is 23.5 Å². The average Bonchev–Trinajstić information content (AvgIpc) is 2.66. The molecule has 1 aliphatic heterocycles. The van der Waals surface area contributed by atoms with Crippen LogP contribution in [-0.2, 0) is 0 Å². The smallest absolute Gasteiger partial charge is 0.137 e. The van der Waals surface area contributed by atoms with E-state index in [1.54, 1.807) is 0 Å². The molecule has 0 bridgehead atoms. The summed E-state index contributed by atoms with van der Waals surface area (Å²) in [6.07, 6.45) is 4.35. The summed E-state index contributed by atoms with van der Waals surface area (Å²) >= 11 is 0. The quantitative estimate of drug-likeness (QED) is 0.780. The maximum atomic E-state index is 5.79. The Balaban J connectivity index is 1.91. The molecule has 3 nitrogen and oxygen atoms in total. The Morgan fingerprint density at radius 3 is 2.94 bits per heavy atom. The first-order valence-corrected chi connectivity index (χ1v) is 5.93. The Labute approximate surface area is 97.4 Å². The van der Waals surface area contributed by atoms with Gasteiger partial charge in [0.15, 0.2) is 0 Å². The summed E-state index contributed by atoms with van der Waals surface area (Å²) in [6, 6.07) is 2.64. The zero-order chi connectivity index (χ0) is 11.5. The molecule has 1 fully saturated rings. The fraction of sp³-hybridized carbons (Fsp3) is 0.615. The third kappa shape index (κ3) is 2.53. The lowest BCUT2D eigenvalue weighted by Crippen LogP contribution is -2.30. The molecular weight excluding hydrogens is 200 g/mol. The molecule has 0 amide bonds. The number of rotatable bonds is 3. The molecule has 1 aliphatic rings. The van der Waals surface area contributed by atoms with Crippen LogP contribution in [0.1, 0.15) is 24.1 Å². The van der Waals surface area contributed by atoms with Crippen LogP contribution < -0.4 is 4.74 Å². The average molecular weight is 220 g/mol. The molecule has 0 saturated carbocycles. The molecule has 0 spiro atoms. The summed E-state index contributed by atoms with van der Waals surface area (Å²) in [4.78, 5) is 6.67. The topological polar surface area (TPSA) is 25.4 Å². The summed E-state index contributed by atoms with van der Waals surface area (Å²) in [5.74, 6) is 0.892. The molecule has 1 aromatic heterocycles. The van der Waals surface area contributed by atoms with Gasteiger partial charge in [-0.05, 0) is 51.9 Å². The number of ether oxygens (including phenoxy) is 1. The first kappa shape index (κ1) is 11.4. The first-order valence-electron chi connectivity index (χ1n) is 5.93. The Morgan fingerprint density at radius 2 is 2.31 bits per heavy atom. The molecule has 0 radical (unpaired) electrons. The molecule has 0 aliphatic carbocycles. The second kappa shape index (κ2) is 4.83. The predicted molar refractivity (Wildman–Crippen MR) is 64.9 cm³/mol. The highest BCUT2D eigenvalue weighted by atomic mass is 16.5. The van der Waals surface area contributed by atoms with Gasteiger partial charge in [0.05, 0.1) is 6.20 Å². The predicted octanol–water partition coefficient (Wildman–Crippen LogP) is 2.17. The number of aryl methyl sites for hydroxylation is 2. The van der Waals surface area contributed by atoms with Gasteiger partial charge in [0.1, 0.15) is 12.4 Å². The van der Waals surface area contributed by atoms with Crippen molar-refractivity contribution in [1.29, 1.82) is 0 Å². The van der Waals surface area contributed by atoms with E-state index in [9.17, 15) is 0 Å². The van der Waals surface area contributed by atoms with Gasteiger partial charge in [-0.25, -0.2) is 0 Å². The molecule has 1 atom stereocenters. The van der Waals surface area contributed by atoms with Crippen molar-refractivity contribution in [2.45, 2.75) is 32.7 Å². The minimum atomic E-state index is 0.571. The van der Waals surface area contributed by atoms with Crippen molar-refractivity contribution in [3.63, 3.8) is 0 Å². The zero-order valence-corrected chi connectivity index (χ0v) is 10.4. The van der Waals surface area contributed by atoms with Gasteiger partial charge < -0.3 is 9.64 Å². The number of nitrogens with zero attached hydrogens (tertiary/aromatic N) is 2. The molecule has 1 saturated heterocycles. The van der Waals surface area contributed by atoms with Crippen LogP contribution in [0.15, 0.2) is 12.3 Å². The van der Waals surface area contributed by atoms with Gasteiger partial charge in [-0.15, -0.1) is 0 Å². The van der Waals surface area contributed by atoms with Gasteiger partial charge in [0, 0.05) is 11.7 Å². The molecule has 0 N–H and O–H groups in total. The maximum Gasteiger partial charge on any atom is 0.137 e. The molecule has 88 valence electrons. The molecule has 16 heavy (non-hydrogen) atoms. The van der Waals surface area contributed by atoms with Crippen LogP contribution in [0, 0.1) is 13.8 Å². The Kier molecular flexibility index (Phi) is 3.44. The van der Waals surface area contributed by atoms with E-state index in [1.807, 2.05) is 13.1 Å². The second-order valence-corrected chi connectivity index (χ2v) is 4.66. The molecule has 2 rings (SSSR count). The fourth-order valence-electron chi connectivity index (χ4n) is 2.08. The van der Waals surface area contributed by atoms with E-state index in [0.29, 0.717) is 6.04 Å². The van der Waals surface area contributed by atoms with Crippen LogP contribution in [0.25, 0.3) is 0 Å². The summed E-state index contributed by atoms with van der Waals surface area (Å²) < 4.78 is 5.79. The van der Waals surface area contributed by atoms with Gasteiger partial charge in [-0.2, -0.15) is 0 Å². The molecule has 1 aromatic rings.